The van der Waals surface area contributed by atoms with Crippen molar-refractivity contribution < 1.29 is 13.2 Å². The number of sulfonamides is 1. The number of aromatic nitrogens is 2. The largest absolute Gasteiger partial charge is 0.381 e. The minimum atomic E-state index is -3.46. The van der Waals surface area contributed by atoms with Crippen LogP contribution in [0.4, 0.5) is 0 Å². The smallest absolute Gasteiger partial charge is 0.262 e. The summed E-state index contributed by atoms with van der Waals surface area (Å²) in [6, 6.07) is 0. The van der Waals surface area contributed by atoms with Gasteiger partial charge in [0.1, 0.15) is 0 Å². The summed E-state index contributed by atoms with van der Waals surface area (Å²) in [7, 11) is -1.69. The van der Waals surface area contributed by atoms with Gasteiger partial charge in [0, 0.05) is 38.4 Å². The van der Waals surface area contributed by atoms with Crippen LogP contribution >= 0.6 is 0 Å². The topological polar surface area (TPSA) is 64.4 Å². The molecule has 2 aliphatic rings. The molecule has 1 aromatic rings. The minimum Gasteiger partial charge on any atom is -0.381 e. The first-order valence-electron chi connectivity index (χ1n) is 6.58. The molecule has 2 fully saturated rings. The van der Waals surface area contributed by atoms with Gasteiger partial charge in [-0.3, -0.25) is 0 Å². The Kier molecular flexibility index (Phi) is 3.15. The molecule has 2 saturated heterocycles. The van der Waals surface area contributed by atoms with Gasteiger partial charge in [0.2, 0.25) is 0 Å². The van der Waals surface area contributed by atoms with Gasteiger partial charge in [-0.15, -0.1) is 0 Å². The van der Waals surface area contributed by atoms with Crippen LogP contribution < -0.4 is 0 Å². The molecule has 6 nitrogen and oxygen atoms in total. The normalized spacial score (nSPS) is 29.1. The maximum atomic E-state index is 12.5. The Hall–Kier alpha value is -0.920. The van der Waals surface area contributed by atoms with Crippen molar-refractivity contribution in [2.45, 2.75) is 24.3 Å². The first kappa shape index (κ1) is 13.1. The van der Waals surface area contributed by atoms with Gasteiger partial charge in [-0.1, -0.05) is 0 Å². The van der Waals surface area contributed by atoms with Crippen LogP contribution in [0.25, 0.3) is 0 Å². The number of imidazole rings is 1. The summed E-state index contributed by atoms with van der Waals surface area (Å²) in [4.78, 5) is 3.98. The highest BCUT2D eigenvalue weighted by molar-refractivity contribution is 7.89. The monoisotopic (exact) mass is 285 g/mol. The number of nitrogens with zero attached hydrogens (tertiary/aromatic N) is 3. The summed E-state index contributed by atoms with van der Waals surface area (Å²) < 4.78 is 33.8. The van der Waals surface area contributed by atoms with E-state index in [1.54, 1.807) is 22.1 Å². The van der Waals surface area contributed by atoms with Gasteiger partial charge in [-0.25, -0.2) is 13.4 Å². The zero-order chi connectivity index (χ0) is 13.5. The van der Waals surface area contributed by atoms with Gasteiger partial charge in [0.05, 0.1) is 12.9 Å². The lowest BCUT2D eigenvalue weighted by Gasteiger charge is -2.38. The van der Waals surface area contributed by atoms with Crippen LogP contribution in [0.5, 0.6) is 0 Å². The Balaban J connectivity index is 1.85. The molecule has 0 amide bonds. The molecule has 3 rings (SSSR count). The molecule has 19 heavy (non-hydrogen) atoms. The van der Waals surface area contributed by atoms with E-state index in [1.807, 2.05) is 0 Å². The quantitative estimate of drug-likeness (QED) is 0.798. The van der Waals surface area contributed by atoms with Gasteiger partial charge in [0.15, 0.2) is 5.03 Å². The summed E-state index contributed by atoms with van der Waals surface area (Å²) in [6.45, 7) is 2.57. The van der Waals surface area contributed by atoms with E-state index in [-0.39, 0.29) is 10.4 Å². The van der Waals surface area contributed by atoms with Gasteiger partial charge in [-0.05, 0) is 19.3 Å². The number of piperidine rings is 1. The Bertz CT molecular complexity index is 561. The second kappa shape index (κ2) is 4.57. The molecule has 0 aliphatic carbocycles. The molecule has 0 aromatic carbocycles. The van der Waals surface area contributed by atoms with E-state index >= 15 is 0 Å². The van der Waals surface area contributed by atoms with Crippen molar-refractivity contribution in [1.29, 1.82) is 0 Å². The average molecular weight is 285 g/mol. The SMILES string of the molecule is Cn1cnc(S(=O)(=O)N2CCCC3(CCOC3)C2)c1. The maximum absolute atomic E-state index is 12.5. The minimum absolute atomic E-state index is 0.0279. The standard InChI is InChI=1S/C12H19N3O3S/c1-14-7-11(13-10-14)19(16,17)15-5-2-3-12(8-15)4-6-18-9-12/h7,10H,2-6,8-9H2,1H3. The van der Waals surface area contributed by atoms with E-state index in [9.17, 15) is 8.42 Å². The van der Waals surface area contributed by atoms with Gasteiger partial charge in [0.25, 0.3) is 10.0 Å². The maximum Gasteiger partial charge on any atom is 0.262 e. The Morgan fingerprint density at radius 1 is 1.42 bits per heavy atom. The van der Waals surface area contributed by atoms with E-state index in [1.165, 1.54) is 6.33 Å². The summed E-state index contributed by atoms with van der Waals surface area (Å²) in [6.07, 6.45) is 5.99. The van der Waals surface area contributed by atoms with Crippen LogP contribution in [-0.2, 0) is 21.8 Å². The number of ether oxygens (including phenoxy) is 1. The molecule has 0 bridgehead atoms. The van der Waals surface area contributed by atoms with Crippen molar-refractivity contribution in [3.8, 4) is 0 Å². The molecule has 1 aromatic heterocycles. The van der Waals surface area contributed by atoms with Crippen LogP contribution in [0, 0.1) is 5.41 Å². The lowest BCUT2D eigenvalue weighted by Crippen LogP contribution is -2.46. The van der Waals surface area contributed by atoms with Crippen LogP contribution in [-0.4, -0.2) is 48.6 Å². The molecule has 3 heterocycles. The summed E-state index contributed by atoms with van der Waals surface area (Å²) in [5, 5.41) is 0.144. The zero-order valence-electron chi connectivity index (χ0n) is 11.1. The van der Waals surface area contributed by atoms with Gasteiger partial charge in [-0.2, -0.15) is 4.31 Å². The molecule has 7 heteroatoms. The molecular weight excluding hydrogens is 266 g/mol. The third-order valence-corrected chi connectivity index (χ3v) is 5.83. The van der Waals surface area contributed by atoms with Gasteiger partial charge >= 0.3 is 0 Å². The second-order valence-electron chi connectivity index (χ2n) is 5.62. The predicted octanol–water partition coefficient (Wildman–Crippen LogP) is 0.611. The Labute approximate surface area is 113 Å². The Morgan fingerprint density at radius 2 is 2.26 bits per heavy atom. The van der Waals surface area contributed by atoms with Crippen LogP contribution in [0.3, 0.4) is 0 Å². The average Bonchev–Trinajstić information content (AvgIpc) is 3.00. The lowest BCUT2D eigenvalue weighted by atomic mass is 9.80. The van der Waals surface area contributed by atoms with Crippen LogP contribution in [0.2, 0.25) is 0 Å². The Morgan fingerprint density at radius 3 is 2.89 bits per heavy atom. The predicted molar refractivity (Wildman–Crippen MR) is 69.1 cm³/mol. The fourth-order valence-corrected chi connectivity index (χ4v) is 4.55. The lowest BCUT2D eigenvalue weighted by molar-refractivity contribution is 0.105. The highest BCUT2D eigenvalue weighted by atomic mass is 32.2. The number of aryl methyl sites for hydroxylation is 1. The molecule has 0 radical (unpaired) electrons. The van der Waals surface area contributed by atoms with E-state index in [0.29, 0.717) is 19.7 Å². The van der Waals surface area contributed by atoms with E-state index in [4.69, 9.17) is 4.74 Å². The molecule has 0 N–H and O–H groups in total. The summed E-state index contributed by atoms with van der Waals surface area (Å²) >= 11 is 0. The molecular formula is C12H19N3O3S. The highest BCUT2D eigenvalue weighted by Crippen LogP contribution is 2.39. The van der Waals surface area contributed by atoms with Crippen molar-refractivity contribution in [1.82, 2.24) is 13.9 Å². The molecule has 1 unspecified atom stereocenters. The van der Waals surface area contributed by atoms with Crippen molar-refractivity contribution in [3.63, 3.8) is 0 Å². The fourth-order valence-electron chi connectivity index (χ4n) is 2.99. The molecule has 1 spiro atoms. The van der Waals surface area contributed by atoms with Crippen molar-refractivity contribution >= 4 is 10.0 Å². The van der Waals surface area contributed by atoms with Gasteiger partial charge < -0.3 is 9.30 Å². The highest BCUT2D eigenvalue weighted by Gasteiger charge is 2.43. The fraction of sp³-hybridized carbons (Fsp3) is 0.750. The number of hydrogen-bond donors (Lipinski definition) is 0. The summed E-state index contributed by atoms with van der Waals surface area (Å²) in [5.74, 6) is 0. The molecule has 2 aliphatic heterocycles. The van der Waals surface area contributed by atoms with E-state index in [2.05, 4.69) is 4.98 Å². The van der Waals surface area contributed by atoms with Crippen molar-refractivity contribution in [2.24, 2.45) is 12.5 Å². The third kappa shape index (κ3) is 2.30. The number of hydrogen-bond acceptors (Lipinski definition) is 4. The first-order valence-corrected chi connectivity index (χ1v) is 8.02. The molecule has 1 atom stereocenters. The first-order chi connectivity index (χ1) is 9.02. The van der Waals surface area contributed by atoms with Crippen LogP contribution in [0.1, 0.15) is 19.3 Å². The van der Waals surface area contributed by atoms with Crippen molar-refractivity contribution in [3.05, 3.63) is 12.5 Å². The molecule has 106 valence electrons. The summed E-state index contributed by atoms with van der Waals surface area (Å²) in [5.41, 5.74) is 0.0279. The van der Waals surface area contributed by atoms with E-state index < -0.39 is 10.0 Å². The zero-order valence-corrected chi connectivity index (χ0v) is 11.9. The van der Waals surface area contributed by atoms with Crippen LogP contribution in [0.15, 0.2) is 17.6 Å². The molecule has 0 saturated carbocycles. The van der Waals surface area contributed by atoms with Crippen molar-refractivity contribution in [2.75, 3.05) is 26.3 Å². The number of rotatable bonds is 2. The second-order valence-corrected chi connectivity index (χ2v) is 7.51. The third-order valence-electron chi connectivity index (χ3n) is 4.10. The van der Waals surface area contributed by atoms with E-state index in [0.717, 1.165) is 25.9 Å².